The van der Waals surface area contributed by atoms with Crippen molar-refractivity contribution >= 4 is 11.3 Å². The van der Waals surface area contributed by atoms with Crippen LogP contribution in [0.4, 0.5) is 0 Å². The molecule has 0 aliphatic carbocycles. The summed E-state index contributed by atoms with van der Waals surface area (Å²) in [5, 5.41) is 13.0. The quantitative estimate of drug-likeness (QED) is 0.862. The molecule has 2 heterocycles. The van der Waals surface area contributed by atoms with Crippen LogP contribution in [-0.2, 0) is 13.0 Å². The third kappa shape index (κ3) is 3.77. The lowest BCUT2D eigenvalue weighted by Crippen LogP contribution is -2.31. The standard InChI is InChI=1S/C14H24N2OS/c1-3-5-14-15-12(10-18-14)9-16-7-4-6-13(16)8-11(2)17/h10-11,13,17H,3-9H2,1-2H3. The van der Waals surface area contributed by atoms with Gasteiger partial charge < -0.3 is 5.11 Å². The molecule has 0 spiro atoms. The molecule has 1 aromatic rings. The topological polar surface area (TPSA) is 36.4 Å². The zero-order chi connectivity index (χ0) is 13.0. The Morgan fingerprint density at radius 3 is 3.17 bits per heavy atom. The summed E-state index contributed by atoms with van der Waals surface area (Å²) in [5.41, 5.74) is 1.21. The Labute approximate surface area is 114 Å². The minimum absolute atomic E-state index is 0.193. The van der Waals surface area contributed by atoms with Crippen molar-refractivity contribution in [1.82, 2.24) is 9.88 Å². The first-order valence-corrected chi connectivity index (χ1v) is 7.92. The zero-order valence-electron chi connectivity index (χ0n) is 11.4. The molecule has 2 rings (SSSR count). The maximum absolute atomic E-state index is 9.53. The normalized spacial score (nSPS) is 22.5. The van der Waals surface area contributed by atoms with Crippen LogP contribution in [0.2, 0.25) is 0 Å². The minimum atomic E-state index is -0.193. The van der Waals surface area contributed by atoms with E-state index in [0.717, 1.165) is 25.9 Å². The van der Waals surface area contributed by atoms with Gasteiger partial charge in [0.05, 0.1) is 16.8 Å². The van der Waals surface area contributed by atoms with E-state index in [4.69, 9.17) is 4.98 Å². The molecule has 1 aliphatic rings. The number of aryl methyl sites for hydroxylation is 1. The maximum Gasteiger partial charge on any atom is 0.0928 e. The van der Waals surface area contributed by atoms with Gasteiger partial charge in [0.2, 0.25) is 0 Å². The van der Waals surface area contributed by atoms with Gasteiger partial charge in [-0.1, -0.05) is 6.92 Å². The Bertz CT molecular complexity index is 364. The van der Waals surface area contributed by atoms with E-state index in [-0.39, 0.29) is 6.10 Å². The molecule has 2 atom stereocenters. The summed E-state index contributed by atoms with van der Waals surface area (Å²) in [6, 6.07) is 0.543. The van der Waals surface area contributed by atoms with Crippen LogP contribution in [0, 0.1) is 0 Å². The molecular weight excluding hydrogens is 244 g/mol. The molecule has 0 radical (unpaired) electrons. The number of thiazole rings is 1. The van der Waals surface area contributed by atoms with Gasteiger partial charge in [0.25, 0.3) is 0 Å². The number of aliphatic hydroxyl groups excluding tert-OH is 1. The highest BCUT2D eigenvalue weighted by Gasteiger charge is 2.26. The molecule has 1 fully saturated rings. The molecule has 0 aromatic carbocycles. The highest BCUT2D eigenvalue weighted by Crippen LogP contribution is 2.24. The molecule has 3 nitrogen and oxygen atoms in total. The number of rotatable bonds is 6. The Morgan fingerprint density at radius 1 is 1.61 bits per heavy atom. The van der Waals surface area contributed by atoms with Gasteiger partial charge in [0.1, 0.15) is 0 Å². The molecule has 1 aromatic heterocycles. The predicted molar refractivity (Wildman–Crippen MR) is 75.8 cm³/mol. The monoisotopic (exact) mass is 268 g/mol. The van der Waals surface area contributed by atoms with Gasteiger partial charge in [0.15, 0.2) is 0 Å². The van der Waals surface area contributed by atoms with Crippen LogP contribution in [0.15, 0.2) is 5.38 Å². The number of hydrogen-bond donors (Lipinski definition) is 1. The average molecular weight is 268 g/mol. The van der Waals surface area contributed by atoms with Crippen molar-refractivity contribution in [2.45, 2.75) is 64.6 Å². The highest BCUT2D eigenvalue weighted by molar-refractivity contribution is 7.09. The molecule has 0 amide bonds. The number of aromatic nitrogens is 1. The lowest BCUT2D eigenvalue weighted by molar-refractivity contribution is 0.130. The van der Waals surface area contributed by atoms with Crippen LogP contribution in [0.1, 0.15) is 50.2 Å². The molecule has 4 heteroatoms. The van der Waals surface area contributed by atoms with E-state index in [1.54, 1.807) is 11.3 Å². The van der Waals surface area contributed by atoms with Crippen LogP contribution in [0.25, 0.3) is 0 Å². The van der Waals surface area contributed by atoms with Gasteiger partial charge in [-0.3, -0.25) is 4.90 Å². The third-order valence-corrected chi connectivity index (χ3v) is 4.50. The van der Waals surface area contributed by atoms with E-state index in [1.807, 2.05) is 6.92 Å². The minimum Gasteiger partial charge on any atom is -0.393 e. The van der Waals surface area contributed by atoms with Crippen LogP contribution >= 0.6 is 11.3 Å². The van der Waals surface area contributed by atoms with Crippen molar-refractivity contribution in [3.63, 3.8) is 0 Å². The van der Waals surface area contributed by atoms with Crippen molar-refractivity contribution in [1.29, 1.82) is 0 Å². The Hall–Kier alpha value is -0.450. The maximum atomic E-state index is 9.53. The Balaban J connectivity index is 1.90. The highest BCUT2D eigenvalue weighted by atomic mass is 32.1. The van der Waals surface area contributed by atoms with E-state index >= 15 is 0 Å². The molecule has 102 valence electrons. The van der Waals surface area contributed by atoms with Gasteiger partial charge in [-0.15, -0.1) is 11.3 Å². The number of aliphatic hydroxyl groups is 1. The largest absolute Gasteiger partial charge is 0.393 e. The van der Waals surface area contributed by atoms with E-state index in [9.17, 15) is 5.11 Å². The summed E-state index contributed by atoms with van der Waals surface area (Å²) in [6.45, 7) is 6.19. The molecule has 1 N–H and O–H groups in total. The molecule has 0 bridgehead atoms. The fourth-order valence-electron chi connectivity index (χ4n) is 2.72. The predicted octanol–water partition coefficient (Wildman–Crippen LogP) is 2.83. The van der Waals surface area contributed by atoms with Crippen molar-refractivity contribution in [3.8, 4) is 0 Å². The lowest BCUT2D eigenvalue weighted by atomic mass is 10.1. The first-order valence-electron chi connectivity index (χ1n) is 7.04. The second-order valence-corrected chi connectivity index (χ2v) is 6.28. The summed E-state index contributed by atoms with van der Waals surface area (Å²) < 4.78 is 0. The molecular formula is C14H24N2OS. The van der Waals surface area contributed by atoms with Gasteiger partial charge in [-0.2, -0.15) is 0 Å². The average Bonchev–Trinajstić information content (AvgIpc) is 2.90. The second-order valence-electron chi connectivity index (χ2n) is 5.33. The van der Waals surface area contributed by atoms with E-state index in [2.05, 4.69) is 17.2 Å². The lowest BCUT2D eigenvalue weighted by Gasteiger charge is -2.24. The van der Waals surface area contributed by atoms with Crippen LogP contribution in [-0.4, -0.2) is 33.7 Å². The fourth-order valence-corrected chi connectivity index (χ4v) is 3.61. The van der Waals surface area contributed by atoms with E-state index in [1.165, 1.54) is 30.0 Å². The van der Waals surface area contributed by atoms with Crippen molar-refractivity contribution in [2.24, 2.45) is 0 Å². The molecule has 1 saturated heterocycles. The Morgan fingerprint density at radius 2 is 2.44 bits per heavy atom. The summed E-state index contributed by atoms with van der Waals surface area (Å²) in [4.78, 5) is 7.18. The van der Waals surface area contributed by atoms with E-state index < -0.39 is 0 Å². The number of hydrogen-bond acceptors (Lipinski definition) is 4. The van der Waals surface area contributed by atoms with Gasteiger partial charge in [0, 0.05) is 18.0 Å². The first kappa shape index (κ1) is 14.0. The van der Waals surface area contributed by atoms with Gasteiger partial charge >= 0.3 is 0 Å². The van der Waals surface area contributed by atoms with Gasteiger partial charge in [-0.05, 0) is 45.6 Å². The summed E-state index contributed by atoms with van der Waals surface area (Å²) in [5.74, 6) is 0. The van der Waals surface area contributed by atoms with Crippen LogP contribution < -0.4 is 0 Å². The van der Waals surface area contributed by atoms with E-state index in [0.29, 0.717) is 6.04 Å². The smallest absolute Gasteiger partial charge is 0.0928 e. The third-order valence-electron chi connectivity index (χ3n) is 3.54. The fraction of sp³-hybridized carbons (Fsp3) is 0.786. The molecule has 2 unspecified atom stereocenters. The molecule has 0 saturated carbocycles. The summed E-state index contributed by atoms with van der Waals surface area (Å²) in [6.07, 6.45) is 5.44. The zero-order valence-corrected chi connectivity index (χ0v) is 12.2. The van der Waals surface area contributed by atoms with Gasteiger partial charge in [-0.25, -0.2) is 4.98 Å². The number of nitrogens with zero attached hydrogens (tertiary/aromatic N) is 2. The van der Waals surface area contributed by atoms with Crippen LogP contribution in [0.3, 0.4) is 0 Å². The molecule has 1 aliphatic heterocycles. The summed E-state index contributed by atoms with van der Waals surface area (Å²) in [7, 11) is 0. The number of likely N-dealkylation sites (tertiary alicyclic amines) is 1. The first-order chi connectivity index (χ1) is 8.69. The van der Waals surface area contributed by atoms with Crippen molar-refractivity contribution in [3.05, 3.63) is 16.1 Å². The van der Waals surface area contributed by atoms with Crippen molar-refractivity contribution in [2.75, 3.05) is 6.54 Å². The van der Waals surface area contributed by atoms with Crippen molar-refractivity contribution < 1.29 is 5.11 Å². The SMILES string of the molecule is CCCc1nc(CN2CCCC2CC(C)O)cs1. The Kier molecular flexibility index (Phi) is 5.15. The summed E-state index contributed by atoms with van der Waals surface area (Å²) >= 11 is 1.79. The second kappa shape index (κ2) is 6.64. The molecule has 18 heavy (non-hydrogen) atoms. The van der Waals surface area contributed by atoms with Crippen LogP contribution in [0.5, 0.6) is 0 Å².